The normalized spacial score (nSPS) is 27.4. The van der Waals surface area contributed by atoms with Gasteiger partial charge in [0.2, 0.25) is 0 Å². The maximum absolute atomic E-state index is 12.8. The largest absolute Gasteiger partial charge is 0.509 e. The summed E-state index contributed by atoms with van der Waals surface area (Å²) in [7, 11) is 0. The van der Waals surface area contributed by atoms with Crippen LogP contribution < -0.4 is 10.2 Å². The van der Waals surface area contributed by atoms with E-state index in [-0.39, 0.29) is 11.7 Å². The van der Waals surface area contributed by atoms with Crippen LogP contribution in [0.4, 0.5) is 12.9 Å². The molecule has 0 N–H and O–H groups in total. The molecule has 0 heterocycles. The lowest BCUT2D eigenvalue weighted by Crippen LogP contribution is -2.36. The molecule has 0 radical (unpaired) electrons. The van der Waals surface area contributed by atoms with Crippen LogP contribution in [0.25, 0.3) is 0 Å². The molecule has 0 aliphatic heterocycles. The number of ether oxygens (including phenoxy) is 1. The maximum Gasteiger partial charge on any atom is 0.509 e. The first-order valence-corrected chi connectivity index (χ1v) is 7.24. The fourth-order valence-electron chi connectivity index (χ4n) is 2.89. The molecule has 1 aliphatic rings. The Bertz CT molecular complexity index is 473. The Kier molecular flexibility index (Phi) is 4.35. The highest BCUT2D eigenvalue weighted by molar-refractivity contribution is 6.74. The molecule has 20 heavy (non-hydrogen) atoms. The van der Waals surface area contributed by atoms with Gasteiger partial charge in [0.15, 0.2) is 0 Å². The topological polar surface area (TPSA) is 9.23 Å². The predicted octanol–water partition coefficient (Wildman–Crippen LogP) is 4.25. The fraction of sp³-hybridized carbons (Fsp3) is 0.600. The van der Waals surface area contributed by atoms with E-state index in [0.29, 0.717) is 17.6 Å². The molecule has 0 bridgehead atoms. The minimum absolute atomic E-state index is 0.128. The van der Waals surface area contributed by atoms with Gasteiger partial charge in [0.1, 0.15) is 5.75 Å². The summed E-state index contributed by atoms with van der Waals surface area (Å²) in [6.07, 6.45) is 3.21. The molecule has 112 valence electrons. The molecule has 1 aromatic carbocycles. The van der Waals surface area contributed by atoms with E-state index in [2.05, 4.69) is 13.8 Å². The van der Waals surface area contributed by atoms with Crippen molar-refractivity contribution in [2.75, 3.05) is 0 Å². The second-order valence-electron chi connectivity index (χ2n) is 6.10. The second-order valence-corrected chi connectivity index (χ2v) is 6.10. The molecule has 1 nitrogen and oxygen atoms in total. The average Bonchev–Trinajstić information content (AvgIpc) is 2.32. The molecule has 3 unspecified atom stereocenters. The number of hydrogen-bond donors (Lipinski definition) is 0. The Morgan fingerprint density at radius 2 is 1.80 bits per heavy atom. The van der Waals surface area contributed by atoms with E-state index in [9.17, 15) is 12.9 Å². The van der Waals surface area contributed by atoms with Gasteiger partial charge in [-0.2, -0.15) is 0 Å². The summed E-state index contributed by atoms with van der Waals surface area (Å²) in [4.78, 5) is 0. The first-order valence-electron chi connectivity index (χ1n) is 7.24. The van der Waals surface area contributed by atoms with E-state index < -0.39 is 12.4 Å². The maximum atomic E-state index is 12.8. The highest BCUT2D eigenvalue weighted by atomic mass is 19.4. The molecule has 2 rings (SSSR count). The van der Waals surface area contributed by atoms with Gasteiger partial charge in [-0.25, -0.2) is 0 Å². The monoisotopic (exact) mass is 285 g/mol. The van der Waals surface area contributed by atoms with Gasteiger partial charge < -0.3 is 17.7 Å². The fourth-order valence-corrected chi connectivity index (χ4v) is 2.89. The molecular weight excluding hydrogens is 264 g/mol. The lowest BCUT2D eigenvalue weighted by molar-refractivity contribution is 0.101. The van der Waals surface area contributed by atoms with Crippen LogP contribution in [0.2, 0.25) is 0 Å². The van der Waals surface area contributed by atoms with E-state index in [1.807, 2.05) is 0 Å². The van der Waals surface area contributed by atoms with Crippen LogP contribution in [0.1, 0.15) is 38.7 Å². The quantitative estimate of drug-likeness (QED) is 0.754. The Balaban J connectivity index is 2.06. The Labute approximate surface area is 118 Å². The lowest BCUT2D eigenvalue weighted by Gasteiger charge is -2.32. The van der Waals surface area contributed by atoms with E-state index in [0.717, 1.165) is 25.3 Å². The molecule has 1 aromatic rings. The second kappa shape index (κ2) is 5.70. The third-order valence-electron chi connectivity index (χ3n) is 4.45. The summed E-state index contributed by atoms with van der Waals surface area (Å²) >= 11 is 0. The van der Waals surface area contributed by atoms with Gasteiger partial charge >= 0.3 is 6.98 Å². The van der Waals surface area contributed by atoms with E-state index in [1.54, 1.807) is 0 Å². The van der Waals surface area contributed by atoms with Crippen LogP contribution in [-0.4, -0.2) is 13.1 Å². The van der Waals surface area contributed by atoms with Crippen molar-refractivity contribution in [2.45, 2.75) is 46.1 Å². The first-order chi connectivity index (χ1) is 9.27. The van der Waals surface area contributed by atoms with Crippen molar-refractivity contribution in [3.63, 3.8) is 0 Å². The minimum atomic E-state index is -4.94. The molecule has 0 aromatic heterocycles. The van der Waals surface area contributed by atoms with Crippen molar-refractivity contribution in [1.82, 2.24) is 0 Å². The first kappa shape index (κ1) is 15.3. The highest BCUT2D eigenvalue weighted by Crippen LogP contribution is 2.32. The summed E-state index contributed by atoms with van der Waals surface area (Å²) in [5.74, 6) is 1.86. The van der Waals surface area contributed by atoms with Gasteiger partial charge in [-0.1, -0.05) is 25.5 Å². The molecule has 1 saturated carbocycles. The third kappa shape index (κ3) is 3.50. The zero-order valence-corrected chi connectivity index (χ0v) is 12.2. The molecule has 0 spiro atoms. The smallest absolute Gasteiger partial charge is 0.490 e. The Hall–Kier alpha value is -1.13. The minimum Gasteiger partial charge on any atom is -0.490 e. The lowest BCUT2D eigenvalue weighted by atomic mass is 9.77. The molecule has 1 fully saturated rings. The number of halogens is 3. The molecule has 0 amide bonds. The summed E-state index contributed by atoms with van der Waals surface area (Å²) in [5, 5.41) is 0. The van der Waals surface area contributed by atoms with Crippen LogP contribution in [0.15, 0.2) is 18.2 Å². The molecule has 5 heteroatoms. The van der Waals surface area contributed by atoms with Crippen molar-refractivity contribution in [3.8, 4) is 5.75 Å². The molecule has 3 atom stereocenters. The standard InChI is InChI=1S/C15H21BF3O/c1-10-4-5-13(8-11(10)2)20-14-6-7-15(12(3)9-14)16(17,18)19/h6-7,9-11,13H,4-5,8H2,1-3H3/q-1. The van der Waals surface area contributed by atoms with Gasteiger partial charge in [-0.15, -0.1) is 5.46 Å². The van der Waals surface area contributed by atoms with Crippen molar-refractivity contribution < 1.29 is 17.7 Å². The number of aryl methyl sites for hydroxylation is 1. The predicted molar refractivity (Wildman–Crippen MR) is 76.5 cm³/mol. The van der Waals surface area contributed by atoms with Crippen molar-refractivity contribution in [1.29, 1.82) is 0 Å². The van der Waals surface area contributed by atoms with E-state index >= 15 is 0 Å². The van der Waals surface area contributed by atoms with Crippen LogP contribution >= 0.6 is 0 Å². The van der Waals surface area contributed by atoms with Gasteiger partial charge in [-0.05, 0) is 50.2 Å². The van der Waals surface area contributed by atoms with Crippen molar-refractivity contribution >= 4 is 12.4 Å². The number of rotatable bonds is 3. The van der Waals surface area contributed by atoms with Gasteiger partial charge in [0.05, 0.1) is 6.10 Å². The Morgan fingerprint density at radius 1 is 1.10 bits per heavy atom. The van der Waals surface area contributed by atoms with E-state index in [1.165, 1.54) is 19.1 Å². The Morgan fingerprint density at radius 3 is 2.35 bits per heavy atom. The third-order valence-corrected chi connectivity index (χ3v) is 4.45. The number of hydrogen-bond acceptors (Lipinski definition) is 1. The summed E-state index contributed by atoms with van der Waals surface area (Å²) in [6, 6.07) is 4.09. The number of benzene rings is 1. The van der Waals surface area contributed by atoms with Crippen molar-refractivity contribution in [3.05, 3.63) is 23.8 Å². The summed E-state index contributed by atoms with van der Waals surface area (Å²) in [6.45, 7) is 1.000. The van der Waals surface area contributed by atoms with E-state index in [4.69, 9.17) is 4.74 Å². The van der Waals surface area contributed by atoms with Gasteiger partial charge in [-0.3, -0.25) is 0 Å². The summed E-state index contributed by atoms with van der Waals surface area (Å²) in [5.41, 5.74) is -0.282. The molecular formula is C15H21BF3O-. The van der Waals surface area contributed by atoms with Crippen LogP contribution in [-0.2, 0) is 0 Å². The zero-order valence-electron chi connectivity index (χ0n) is 12.2. The van der Waals surface area contributed by atoms with Gasteiger partial charge in [0, 0.05) is 0 Å². The average molecular weight is 285 g/mol. The SMILES string of the molecule is Cc1cc(OC2CCC(C)C(C)C2)ccc1[B-](F)(F)F. The van der Waals surface area contributed by atoms with Crippen LogP contribution in [0.3, 0.4) is 0 Å². The summed E-state index contributed by atoms with van der Waals surface area (Å²) < 4.78 is 44.1. The van der Waals surface area contributed by atoms with Crippen molar-refractivity contribution in [2.24, 2.45) is 11.8 Å². The van der Waals surface area contributed by atoms with Crippen LogP contribution in [0, 0.1) is 18.8 Å². The van der Waals surface area contributed by atoms with Gasteiger partial charge in [0.25, 0.3) is 0 Å². The molecule has 0 saturated heterocycles. The highest BCUT2D eigenvalue weighted by Gasteiger charge is 2.28. The zero-order chi connectivity index (χ0) is 14.9. The van der Waals surface area contributed by atoms with Crippen LogP contribution in [0.5, 0.6) is 5.75 Å². The molecule has 1 aliphatic carbocycles.